The third kappa shape index (κ3) is 4.22. The van der Waals surface area contributed by atoms with Crippen molar-refractivity contribution in [3.8, 4) is 0 Å². The maximum absolute atomic E-state index is 12.5. The molecule has 26 heavy (non-hydrogen) atoms. The number of hydrogen-bond donors (Lipinski definition) is 4. The number of nitrogens with one attached hydrogen (secondary N) is 2. The third-order valence-electron chi connectivity index (χ3n) is 4.69. The number of anilines is 2. The summed E-state index contributed by atoms with van der Waals surface area (Å²) >= 11 is 0. The van der Waals surface area contributed by atoms with Crippen LogP contribution in [-0.4, -0.2) is 43.8 Å². The number of piperazine rings is 1. The van der Waals surface area contributed by atoms with E-state index < -0.39 is 6.04 Å². The highest BCUT2D eigenvalue weighted by molar-refractivity contribution is 6.04. The first kappa shape index (κ1) is 18.4. The van der Waals surface area contributed by atoms with Gasteiger partial charge in [0.05, 0.1) is 12.6 Å². The normalized spacial score (nSPS) is 15.6. The van der Waals surface area contributed by atoms with E-state index in [0.29, 0.717) is 5.56 Å². The summed E-state index contributed by atoms with van der Waals surface area (Å²) < 4.78 is 0. The first-order valence-electron chi connectivity index (χ1n) is 8.92. The van der Waals surface area contributed by atoms with Gasteiger partial charge in [-0.15, -0.1) is 0 Å². The fraction of sp³-hybridized carbons (Fsp3) is 0.350. The van der Waals surface area contributed by atoms with Crippen LogP contribution in [0.3, 0.4) is 0 Å². The predicted octanol–water partition coefficient (Wildman–Crippen LogP) is 1.65. The summed E-state index contributed by atoms with van der Waals surface area (Å²) in [5, 5.41) is 15.5. The van der Waals surface area contributed by atoms with Crippen LogP contribution < -0.4 is 21.3 Å². The summed E-state index contributed by atoms with van der Waals surface area (Å²) in [6.07, 6.45) is 0. The number of benzene rings is 2. The zero-order chi connectivity index (χ0) is 18.5. The first-order chi connectivity index (χ1) is 12.6. The number of aliphatic hydroxyl groups excluding tert-OH is 1. The molecule has 6 heteroatoms. The minimum atomic E-state index is -0.483. The van der Waals surface area contributed by atoms with Crippen LogP contribution in [-0.2, 0) is 0 Å². The van der Waals surface area contributed by atoms with Gasteiger partial charge in [0.1, 0.15) is 0 Å². The highest BCUT2D eigenvalue weighted by atomic mass is 16.3. The second-order valence-electron chi connectivity index (χ2n) is 6.61. The van der Waals surface area contributed by atoms with E-state index in [1.54, 1.807) is 18.2 Å². The molecule has 1 fully saturated rings. The molecule has 3 rings (SSSR count). The molecular formula is C20H26N4O2. The summed E-state index contributed by atoms with van der Waals surface area (Å²) in [5.41, 5.74) is 10.2. The van der Waals surface area contributed by atoms with Gasteiger partial charge in [-0.3, -0.25) is 4.79 Å². The first-order valence-corrected chi connectivity index (χ1v) is 8.92. The Morgan fingerprint density at radius 3 is 2.73 bits per heavy atom. The number of hydrogen-bond acceptors (Lipinski definition) is 5. The van der Waals surface area contributed by atoms with Crippen molar-refractivity contribution < 1.29 is 9.90 Å². The quantitative estimate of drug-likeness (QED) is 0.655. The van der Waals surface area contributed by atoms with Gasteiger partial charge in [0, 0.05) is 43.1 Å². The van der Waals surface area contributed by atoms with Crippen LogP contribution in [0.2, 0.25) is 0 Å². The Hall–Kier alpha value is -2.41. The van der Waals surface area contributed by atoms with Crippen LogP contribution in [0.4, 0.5) is 11.4 Å². The molecule has 138 valence electrons. The molecule has 2 aromatic carbocycles. The Kier molecular flexibility index (Phi) is 5.88. The van der Waals surface area contributed by atoms with Crippen LogP contribution in [0.25, 0.3) is 0 Å². The number of rotatable bonds is 5. The number of carbonyl (C=O) groups excluding carboxylic acids is 1. The topological polar surface area (TPSA) is 90.6 Å². The largest absolute Gasteiger partial charge is 0.394 e. The molecule has 6 nitrogen and oxygen atoms in total. The molecule has 0 bridgehead atoms. The van der Waals surface area contributed by atoms with Gasteiger partial charge in [-0.1, -0.05) is 12.1 Å². The highest BCUT2D eigenvalue weighted by Crippen LogP contribution is 2.24. The van der Waals surface area contributed by atoms with Crippen LogP contribution >= 0.6 is 0 Å². The number of nitrogens with two attached hydrogens (primary N) is 1. The molecule has 1 aliphatic rings. The number of aliphatic hydroxyl groups is 1. The lowest BCUT2D eigenvalue weighted by Crippen LogP contribution is -2.43. The van der Waals surface area contributed by atoms with Crippen molar-refractivity contribution in [1.29, 1.82) is 0 Å². The number of nitrogens with zero attached hydrogens (tertiary/aromatic N) is 1. The van der Waals surface area contributed by atoms with Crippen molar-refractivity contribution >= 4 is 17.3 Å². The monoisotopic (exact) mass is 354 g/mol. The molecule has 1 atom stereocenters. The Labute approximate surface area is 154 Å². The van der Waals surface area contributed by atoms with E-state index in [4.69, 9.17) is 5.73 Å². The zero-order valence-electron chi connectivity index (χ0n) is 15.0. The number of aryl methyl sites for hydroxylation is 1. The summed E-state index contributed by atoms with van der Waals surface area (Å²) in [5.74, 6) is -0.189. The average molecular weight is 354 g/mol. The molecule has 0 aliphatic carbocycles. The predicted molar refractivity (Wildman–Crippen MR) is 105 cm³/mol. The third-order valence-corrected chi connectivity index (χ3v) is 4.69. The van der Waals surface area contributed by atoms with Crippen molar-refractivity contribution in [2.45, 2.75) is 13.0 Å². The molecule has 5 N–H and O–H groups in total. The Morgan fingerprint density at radius 1 is 1.27 bits per heavy atom. The van der Waals surface area contributed by atoms with E-state index >= 15 is 0 Å². The average Bonchev–Trinajstić information content (AvgIpc) is 2.68. The van der Waals surface area contributed by atoms with Crippen LogP contribution in [0, 0.1) is 6.92 Å². The molecule has 0 aromatic heterocycles. The standard InChI is InChI=1S/C20H26N4O2/c1-14-11-17(5-6-19(14)24-9-7-22-8-10-24)23-20(26)16-4-2-3-15(12-16)18(21)13-25/h2-6,11-12,18,22,25H,7-10,13,21H2,1H3,(H,23,26). The van der Waals surface area contributed by atoms with Gasteiger partial charge in [-0.05, 0) is 48.4 Å². The van der Waals surface area contributed by atoms with Gasteiger partial charge < -0.3 is 26.4 Å². The Morgan fingerprint density at radius 2 is 2.04 bits per heavy atom. The van der Waals surface area contributed by atoms with Crippen molar-refractivity contribution in [2.75, 3.05) is 43.0 Å². The Balaban J connectivity index is 1.72. The van der Waals surface area contributed by atoms with Gasteiger partial charge in [-0.25, -0.2) is 0 Å². The minimum Gasteiger partial charge on any atom is -0.394 e. The molecule has 1 unspecified atom stereocenters. The smallest absolute Gasteiger partial charge is 0.255 e. The molecular weight excluding hydrogens is 328 g/mol. The lowest BCUT2D eigenvalue weighted by atomic mass is 10.0. The Bertz CT molecular complexity index is 772. The number of carbonyl (C=O) groups is 1. The van der Waals surface area contributed by atoms with Gasteiger partial charge in [0.25, 0.3) is 5.91 Å². The molecule has 1 aliphatic heterocycles. The van der Waals surface area contributed by atoms with E-state index in [1.165, 1.54) is 5.69 Å². The fourth-order valence-corrected chi connectivity index (χ4v) is 3.21. The maximum Gasteiger partial charge on any atom is 0.255 e. The van der Waals surface area contributed by atoms with Gasteiger partial charge in [0.15, 0.2) is 0 Å². The van der Waals surface area contributed by atoms with Crippen molar-refractivity contribution in [3.05, 3.63) is 59.2 Å². The van der Waals surface area contributed by atoms with E-state index in [9.17, 15) is 9.90 Å². The van der Waals surface area contributed by atoms with Gasteiger partial charge in [-0.2, -0.15) is 0 Å². The summed E-state index contributed by atoms with van der Waals surface area (Å²) in [6, 6.07) is 12.6. The van der Waals surface area contributed by atoms with E-state index in [2.05, 4.69) is 28.5 Å². The van der Waals surface area contributed by atoms with Crippen molar-refractivity contribution in [1.82, 2.24) is 5.32 Å². The van der Waals surface area contributed by atoms with Crippen LogP contribution in [0.5, 0.6) is 0 Å². The van der Waals surface area contributed by atoms with Crippen LogP contribution in [0.15, 0.2) is 42.5 Å². The van der Waals surface area contributed by atoms with Gasteiger partial charge >= 0.3 is 0 Å². The van der Waals surface area contributed by atoms with E-state index in [1.807, 2.05) is 18.2 Å². The lowest BCUT2D eigenvalue weighted by Gasteiger charge is -2.30. The second kappa shape index (κ2) is 8.31. The second-order valence-corrected chi connectivity index (χ2v) is 6.61. The fourth-order valence-electron chi connectivity index (χ4n) is 3.21. The molecule has 2 aromatic rings. The van der Waals surface area contributed by atoms with Gasteiger partial charge in [0.2, 0.25) is 0 Å². The molecule has 1 saturated heterocycles. The minimum absolute atomic E-state index is 0.155. The maximum atomic E-state index is 12.5. The molecule has 1 amide bonds. The molecule has 1 heterocycles. The highest BCUT2D eigenvalue weighted by Gasteiger charge is 2.14. The van der Waals surface area contributed by atoms with E-state index in [0.717, 1.165) is 43.0 Å². The van der Waals surface area contributed by atoms with Crippen molar-refractivity contribution in [3.63, 3.8) is 0 Å². The van der Waals surface area contributed by atoms with Crippen molar-refractivity contribution in [2.24, 2.45) is 5.73 Å². The van der Waals surface area contributed by atoms with Crippen LogP contribution in [0.1, 0.15) is 27.5 Å². The lowest BCUT2D eigenvalue weighted by molar-refractivity contribution is 0.102. The SMILES string of the molecule is Cc1cc(NC(=O)c2cccc(C(N)CO)c2)ccc1N1CCNCC1. The zero-order valence-corrected chi connectivity index (χ0v) is 15.0. The van der Waals surface area contributed by atoms with E-state index in [-0.39, 0.29) is 12.5 Å². The summed E-state index contributed by atoms with van der Waals surface area (Å²) in [4.78, 5) is 14.9. The molecule has 0 spiro atoms. The molecule has 0 saturated carbocycles. The summed E-state index contributed by atoms with van der Waals surface area (Å²) in [7, 11) is 0. The number of amides is 1. The summed E-state index contributed by atoms with van der Waals surface area (Å²) in [6.45, 7) is 5.87. The molecule has 0 radical (unpaired) electrons.